The van der Waals surface area contributed by atoms with Gasteiger partial charge in [-0.15, -0.1) is 0 Å². The van der Waals surface area contributed by atoms with Crippen LogP contribution in [0.25, 0.3) is 0 Å². The molecule has 31 heavy (non-hydrogen) atoms. The molecule has 3 amide bonds. The Labute approximate surface area is 183 Å². The van der Waals surface area contributed by atoms with Gasteiger partial charge >= 0.3 is 11.8 Å². The summed E-state index contributed by atoms with van der Waals surface area (Å²) in [6, 6.07) is 7.58. The second-order valence-electron chi connectivity index (χ2n) is 9.39. The van der Waals surface area contributed by atoms with Crippen molar-refractivity contribution in [1.29, 1.82) is 0 Å². The van der Waals surface area contributed by atoms with Gasteiger partial charge in [0.1, 0.15) is 0 Å². The van der Waals surface area contributed by atoms with Crippen LogP contribution in [0, 0.1) is 23.7 Å². The molecule has 0 unspecified atom stereocenters. The Hall–Kier alpha value is -2.83. The molecule has 0 saturated heterocycles. The summed E-state index contributed by atoms with van der Waals surface area (Å²) in [5.41, 5.74) is 6.92. The van der Waals surface area contributed by atoms with Gasteiger partial charge in [0.15, 0.2) is 0 Å². The van der Waals surface area contributed by atoms with Gasteiger partial charge in [0.25, 0.3) is 0 Å². The van der Waals surface area contributed by atoms with Gasteiger partial charge in [-0.2, -0.15) is 0 Å². The Balaban J connectivity index is 1.18. The van der Waals surface area contributed by atoms with E-state index in [1.54, 1.807) is 12.1 Å². The standard InChI is InChI=1S/C24H32N4O3/c1-3-15-4-6-20(7-5-15)25-23(30)24(31)28-27-14(2)8-21(29)26-22-18-10-16-9-17(12-18)13-19(22)11-16/h4-7,16-19,22,27H,2-3,8-13H2,1H3,(H,25,30)(H,26,29)(H,28,31). The number of rotatable bonds is 7. The van der Waals surface area contributed by atoms with E-state index in [1.807, 2.05) is 19.1 Å². The molecule has 0 aliphatic heterocycles. The number of hydrogen-bond acceptors (Lipinski definition) is 4. The molecule has 0 heterocycles. The molecular formula is C24H32N4O3. The molecule has 166 valence electrons. The zero-order valence-electron chi connectivity index (χ0n) is 18.1. The molecule has 4 fully saturated rings. The van der Waals surface area contributed by atoms with Gasteiger partial charge in [-0.1, -0.05) is 25.6 Å². The van der Waals surface area contributed by atoms with E-state index in [0.717, 1.165) is 23.8 Å². The zero-order valence-corrected chi connectivity index (χ0v) is 18.1. The summed E-state index contributed by atoms with van der Waals surface area (Å²) in [6.07, 6.45) is 7.30. The monoisotopic (exact) mass is 424 g/mol. The van der Waals surface area contributed by atoms with Crippen LogP contribution in [0.5, 0.6) is 0 Å². The SMILES string of the molecule is C=C(CC(=O)NC1C2CC3CC(C2)CC1C3)NNC(=O)C(=O)Nc1ccc(CC)cc1. The van der Waals surface area contributed by atoms with Crippen molar-refractivity contribution in [1.82, 2.24) is 16.2 Å². The predicted octanol–water partition coefficient (Wildman–Crippen LogP) is 2.65. The van der Waals surface area contributed by atoms with E-state index in [0.29, 0.717) is 23.2 Å². The molecule has 4 aliphatic carbocycles. The highest BCUT2D eigenvalue weighted by Crippen LogP contribution is 2.53. The summed E-state index contributed by atoms with van der Waals surface area (Å²) in [6.45, 7) is 5.84. The van der Waals surface area contributed by atoms with Gasteiger partial charge in [-0.25, -0.2) is 0 Å². The Bertz CT molecular complexity index is 836. The molecule has 4 bridgehead atoms. The minimum atomic E-state index is -0.845. The Morgan fingerprint density at radius 3 is 2.10 bits per heavy atom. The lowest BCUT2D eigenvalue weighted by Crippen LogP contribution is -2.56. The van der Waals surface area contributed by atoms with Crippen molar-refractivity contribution < 1.29 is 14.4 Å². The summed E-state index contributed by atoms with van der Waals surface area (Å²) < 4.78 is 0. The third-order valence-corrected chi connectivity index (χ3v) is 7.11. The lowest BCUT2D eigenvalue weighted by atomic mass is 9.54. The Morgan fingerprint density at radius 1 is 0.903 bits per heavy atom. The molecule has 4 saturated carbocycles. The van der Waals surface area contributed by atoms with E-state index in [9.17, 15) is 14.4 Å². The molecule has 0 atom stereocenters. The number of anilines is 1. The average molecular weight is 425 g/mol. The van der Waals surface area contributed by atoms with Crippen LogP contribution in [0.2, 0.25) is 0 Å². The fourth-order valence-electron chi connectivity index (χ4n) is 5.85. The van der Waals surface area contributed by atoms with Crippen LogP contribution in [-0.2, 0) is 20.8 Å². The maximum atomic E-state index is 12.5. The van der Waals surface area contributed by atoms with E-state index in [1.165, 1.54) is 32.1 Å². The van der Waals surface area contributed by atoms with Crippen molar-refractivity contribution in [3.05, 3.63) is 42.1 Å². The second-order valence-corrected chi connectivity index (χ2v) is 9.39. The quantitative estimate of drug-likeness (QED) is 0.399. The number of nitrogens with one attached hydrogen (secondary N) is 4. The smallest absolute Gasteiger partial charge is 0.327 e. The van der Waals surface area contributed by atoms with E-state index in [2.05, 4.69) is 28.1 Å². The van der Waals surface area contributed by atoms with Crippen molar-refractivity contribution in [2.75, 3.05) is 5.32 Å². The largest absolute Gasteiger partial charge is 0.352 e. The molecule has 4 N–H and O–H groups in total. The van der Waals surface area contributed by atoms with Crippen molar-refractivity contribution in [2.45, 2.75) is 57.9 Å². The first kappa shape index (κ1) is 21.4. The predicted molar refractivity (Wildman–Crippen MR) is 118 cm³/mol. The summed E-state index contributed by atoms with van der Waals surface area (Å²) in [5, 5.41) is 5.75. The molecule has 0 radical (unpaired) electrons. The van der Waals surface area contributed by atoms with Crippen LogP contribution >= 0.6 is 0 Å². The summed E-state index contributed by atoms with van der Waals surface area (Å²) in [7, 11) is 0. The first-order chi connectivity index (χ1) is 14.9. The number of carbonyl (C=O) groups is 3. The fourth-order valence-corrected chi connectivity index (χ4v) is 5.85. The molecule has 7 nitrogen and oxygen atoms in total. The number of hydrazine groups is 1. The minimum absolute atomic E-state index is 0.0587. The van der Waals surface area contributed by atoms with Crippen molar-refractivity contribution in [2.24, 2.45) is 23.7 Å². The van der Waals surface area contributed by atoms with Gasteiger partial charge in [-0.05, 0) is 79.9 Å². The maximum absolute atomic E-state index is 12.5. The number of hydrogen-bond donors (Lipinski definition) is 4. The molecule has 1 aromatic carbocycles. The maximum Gasteiger partial charge on any atom is 0.327 e. The van der Waals surface area contributed by atoms with Crippen LogP contribution in [0.1, 0.15) is 51.0 Å². The van der Waals surface area contributed by atoms with E-state index in [4.69, 9.17) is 0 Å². The third kappa shape index (κ3) is 5.09. The van der Waals surface area contributed by atoms with Crippen molar-refractivity contribution in [3.63, 3.8) is 0 Å². The number of carbonyl (C=O) groups excluding carboxylic acids is 3. The highest BCUT2D eigenvalue weighted by Gasteiger charge is 2.48. The van der Waals surface area contributed by atoms with Gasteiger partial charge in [0.2, 0.25) is 5.91 Å². The molecule has 1 aromatic rings. The van der Waals surface area contributed by atoms with Crippen LogP contribution in [-0.4, -0.2) is 23.8 Å². The van der Waals surface area contributed by atoms with E-state index >= 15 is 0 Å². The third-order valence-electron chi connectivity index (χ3n) is 7.11. The first-order valence-electron chi connectivity index (χ1n) is 11.3. The Kier molecular flexibility index (Phi) is 6.30. The number of benzene rings is 1. The topological polar surface area (TPSA) is 99.3 Å². The molecule has 7 heteroatoms. The highest BCUT2D eigenvalue weighted by molar-refractivity contribution is 6.39. The van der Waals surface area contributed by atoms with Crippen LogP contribution < -0.4 is 21.5 Å². The molecule has 5 rings (SSSR count). The van der Waals surface area contributed by atoms with Gasteiger partial charge in [0.05, 0.1) is 6.42 Å². The molecular weight excluding hydrogens is 392 g/mol. The highest BCUT2D eigenvalue weighted by atomic mass is 16.2. The molecule has 4 aliphatic rings. The summed E-state index contributed by atoms with van der Waals surface area (Å²) in [4.78, 5) is 36.6. The Morgan fingerprint density at radius 2 is 1.52 bits per heavy atom. The lowest BCUT2D eigenvalue weighted by molar-refractivity contribution is -0.136. The normalized spacial score (nSPS) is 28.0. The van der Waals surface area contributed by atoms with Crippen LogP contribution in [0.15, 0.2) is 36.5 Å². The number of amides is 3. The molecule has 0 spiro atoms. The van der Waals surface area contributed by atoms with E-state index < -0.39 is 11.8 Å². The summed E-state index contributed by atoms with van der Waals surface area (Å²) >= 11 is 0. The van der Waals surface area contributed by atoms with Crippen LogP contribution in [0.3, 0.4) is 0 Å². The van der Waals surface area contributed by atoms with Gasteiger partial charge in [-0.3, -0.25) is 19.8 Å². The lowest BCUT2D eigenvalue weighted by Gasteiger charge is -2.54. The van der Waals surface area contributed by atoms with Gasteiger partial charge < -0.3 is 16.1 Å². The van der Waals surface area contributed by atoms with Crippen molar-refractivity contribution >= 4 is 23.4 Å². The average Bonchev–Trinajstić information content (AvgIpc) is 2.74. The second kappa shape index (κ2) is 9.12. The number of aryl methyl sites for hydroxylation is 1. The fraction of sp³-hybridized carbons (Fsp3) is 0.542. The van der Waals surface area contributed by atoms with E-state index in [-0.39, 0.29) is 18.4 Å². The first-order valence-corrected chi connectivity index (χ1v) is 11.3. The van der Waals surface area contributed by atoms with Gasteiger partial charge in [0, 0.05) is 17.4 Å². The zero-order chi connectivity index (χ0) is 22.0. The molecule has 0 aromatic heterocycles. The minimum Gasteiger partial charge on any atom is -0.352 e. The van der Waals surface area contributed by atoms with Crippen LogP contribution in [0.4, 0.5) is 5.69 Å². The summed E-state index contributed by atoms with van der Waals surface area (Å²) in [5.74, 6) is 1.21. The van der Waals surface area contributed by atoms with Crippen molar-refractivity contribution in [3.8, 4) is 0 Å².